The second kappa shape index (κ2) is 6.89. The smallest absolute Gasteiger partial charge is 0.273 e. The number of aromatic nitrogens is 3. The predicted octanol–water partition coefficient (Wildman–Crippen LogP) is 1.79. The summed E-state index contributed by atoms with van der Waals surface area (Å²) in [6, 6.07) is 7.75. The molecule has 0 atom stereocenters. The molecule has 1 aromatic heterocycles. The van der Waals surface area contributed by atoms with E-state index < -0.39 is 0 Å². The molecule has 0 radical (unpaired) electrons. The molecule has 0 bridgehead atoms. The van der Waals surface area contributed by atoms with Crippen molar-refractivity contribution in [1.82, 2.24) is 25.6 Å². The van der Waals surface area contributed by atoms with Gasteiger partial charge in [0, 0.05) is 11.6 Å². The van der Waals surface area contributed by atoms with Crippen LogP contribution in [0.25, 0.3) is 0 Å². The Kier molecular flexibility index (Phi) is 4.70. The van der Waals surface area contributed by atoms with E-state index in [4.69, 9.17) is 11.6 Å². The van der Waals surface area contributed by atoms with Crippen molar-refractivity contribution in [1.29, 1.82) is 0 Å². The fourth-order valence-electron chi connectivity index (χ4n) is 2.54. The van der Waals surface area contributed by atoms with Crippen LogP contribution >= 0.6 is 11.6 Å². The maximum absolute atomic E-state index is 12.1. The van der Waals surface area contributed by atoms with Crippen LogP contribution in [0.4, 0.5) is 0 Å². The molecule has 7 heteroatoms. The number of hydrogen-bond donors (Lipinski definition) is 2. The minimum atomic E-state index is -0.236. The third-order valence-electron chi connectivity index (χ3n) is 3.82. The standard InChI is InChI=1S/C15H18ClN5O/c16-13-4-2-1-3-11(13)9-18-15(22)14-10-21(20-19-14)12-5-7-17-8-6-12/h1-4,10,12,17H,5-9H2,(H,18,22). The van der Waals surface area contributed by atoms with E-state index in [0.717, 1.165) is 31.5 Å². The predicted molar refractivity (Wildman–Crippen MR) is 83.8 cm³/mol. The lowest BCUT2D eigenvalue weighted by Gasteiger charge is -2.22. The quantitative estimate of drug-likeness (QED) is 0.901. The maximum Gasteiger partial charge on any atom is 0.273 e. The van der Waals surface area contributed by atoms with Gasteiger partial charge in [-0.05, 0) is 37.6 Å². The molecule has 0 saturated carbocycles. The van der Waals surface area contributed by atoms with Crippen molar-refractivity contribution in [3.05, 3.63) is 46.7 Å². The summed E-state index contributed by atoms with van der Waals surface area (Å²) in [4.78, 5) is 12.1. The minimum absolute atomic E-state index is 0.236. The highest BCUT2D eigenvalue weighted by Gasteiger charge is 2.18. The molecule has 0 unspecified atom stereocenters. The number of nitrogens with one attached hydrogen (secondary N) is 2. The number of carbonyl (C=O) groups is 1. The second-order valence-corrected chi connectivity index (χ2v) is 5.75. The van der Waals surface area contributed by atoms with E-state index in [1.54, 1.807) is 16.9 Å². The largest absolute Gasteiger partial charge is 0.346 e. The maximum atomic E-state index is 12.1. The molecular formula is C15H18ClN5O. The first kappa shape index (κ1) is 15.0. The Bertz CT molecular complexity index is 651. The zero-order valence-corrected chi connectivity index (χ0v) is 12.9. The van der Waals surface area contributed by atoms with Crippen molar-refractivity contribution in [3.63, 3.8) is 0 Å². The van der Waals surface area contributed by atoms with E-state index in [-0.39, 0.29) is 5.91 Å². The molecule has 22 heavy (non-hydrogen) atoms. The van der Waals surface area contributed by atoms with Crippen LogP contribution in [0.15, 0.2) is 30.5 Å². The Morgan fingerprint density at radius 1 is 1.36 bits per heavy atom. The zero-order valence-electron chi connectivity index (χ0n) is 12.1. The van der Waals surface area contributed by atoms with Gasteiger partial charge in [-0.3, -0.25) is 4.79 Å². The van der Waals surface area contributed by atoms with Gasteiger partial charge in [0.05, 0.1) is 12.2 Å². The number of nitrogens with zero attached hydrogens (tertiary/aromatic N) is 3. The topological polar surface area (TPSA) is 71.8 Å². The van der Waals surface area contributed by atoms with Crippen LogP contribution < -0.4 is 10.6 Å². The first-order chi connectivity index (χ1) is 10.7. The number of hydrogen-bond acceptors (Lipinski definition) is 4. The van der Waals surface area contributed by atoms with Crippen LogP contribution in [0.5, 0.6) is 0 Å². The molecule has 0 aliphatic carbocycles. The first-order valence-corrected chi connectivity index (χ1v) is 7.76. The van der Waals surface area contributed by atoms with Crippen molar-refractivity contribution in [2.45, 2.75) is 25.4 Å². The molecule has 2 N–H and O–H groups in total. The van der Waals surface area contributed by atoms with E-state index in [0.29, 0.717) is 23.3 Å². The van der Waals surface area contributed by atoms with Crippen molar-refractivity contribution in [2.24, 2.45) is 0 Å². The van der Waals surface area contributed by atoms with Gasteiger partial charge in [0.2, 0.25) is 0 Å². The number of amides is 1. The monoisotopic (exact) mass is 319 g/mol. The molecule has 3 rings (SSSR count). The fraction of sp³-hybridized carbons (Fsp3) is 0.400. The molecule has 2 heterocycles. The Balaban J connectivity index is 1.61. The van der Waals surface area contributed by atoms with Crippen molar-refractivity contribution >= 4 is 17.5 Å². The summed E-state index contributed by atoms with van der Waals surface area (Å²) in [5.41, 5.74) is 1.22. The summed E-state index contributed by atoms with van der Waals surface area (Å²) < 4.78 is 1.80. The summed E-state index contributed by atoms with van der Waals surface area (Å²) in [7, 11) is 0. The summed E-state index contributed by atoms with van der Waals surface area (Å²) >= 11 is 6.07. The van der Waals surface area contributed by atoms with E-state index in [1.807, 2.05) is 18.2 Å². The molecule has 6 nitrogen and oxygen atoms in total. The Morgan fingerprint density at radius 3 is 2.91 bits per heavy atom. The van der Waals surface area contributed by atoms with Crippen molar-refractivity contribution < 1.29 is 4.79 Å². The first-order valence-electron chi connectivity index (χ1n) is 7.38. The lowest BCUT2D eigenvalue weighted by Crippen LogP contribution is -2.29. The van der Waals surface area contributed by atoms with Gasteiger partial charge < -0.3 is 10.6 Å². The molecular weight excluding hydrogens is 302 g/mol. The molecule has 1 fully saturated rings. The van der Waals surface area contributed by atoms with Crippen LogP contribution in [0.1, 0.15) is 34.9 Å². The van der Waals surface area contributed by atoms with Crippen LogP contribution in [0.2, 0.25) is 5.02 Å². The summed E-state index contributed by atoms with van der Waals surface area (Å²) in [5, 5.41) is 14.8. The van der Waals surface area contributed by atoms with Crippen LogP contribution in [-0.4, -0.2) is 34.0 Å². The lowest BCUT2D eigenvalue weighted by molar-refractivity contribution is 0.0946. The minimum Gasteiger partial charge on any atom is -0.346 e. The van der Waals surface area contributed by atoms with Gasteiger partial charge in [-0.25, -0.2) is 4.68 Å². The summed E-state index contributed by atoms with van der Waals surface area (Å²) in [6.45, 7) is 2.32. The number of carbonyl (C=O) groups excluding carboxylic acids is 1. The Morgan fingerprint density at radius 2 is 2.14 bits per heavy atom. The molecule has 116 valence electrons. The molecule has 1 aliphatic rings. The van der Waals surface area contributed by atoms with Crippen molar-refractivity contribution in [2.75, 3.05) is 13.1 Å². The Hall–Kier alpha value is -1.92. The average molecular weight is 320 g/mol. The van der Waals surface area contributed by atoms with Gasteiger partial charge in [0.1, 0.15) is 0 Å². The fourth-order valence-corrected chi connectivity index (χ4v) is 2.74. The van der Waals surface area contributed by atoms with E-state index in [9.17, 15) is 4.79 Å². The summed E-state index contributed by atoms with van der Waals surface area (Å²) in [6.07, 6.45) is 3.73. The van der Waals surface area contributed by atoms with Gasteiger partial charge in [0.25, 0.3) is 5.91 Å². The number of piperidine rings is 1. The van der Waals surface area contributed by atoms with Crippen LogP contribution in [0, 0.1) is 0 Å². The molecule has 1 amide bonds. The lowest BCUT2D eigenvalue weighted by atomic mass is 10.1. The van der Waals surface area contributed by atoms with E-state index >= 15 is 0 Å². The SMILES string of the molecule is O=C(NCc1ccccc1Cl)c1cn(C2CCNCC2)nn1. The van der Waals surface area contributed by atoms with E-state index in [1.165, 1.54) is 0 Å². The highest BCUT2D eigenvalue weighted by Crippen LogP contribution is 2.17. The third kappa shape index (κ3) is 3.45. The highest BCUT2D eigenvalue weighted by molar-refractivity contribution is 6.31. The number of rotatable bonds is 4. The zero-order chi connectivity index (χ0) is 15.4. The molecule has 2 aromatic rings. The average Bonchev–Trinajstić information content (AvgIpc) is 3.05. The van der Waals surface area contributed by atoms with Crippen LogP contribution in [-0.2, 0) is 6.54 Å². The molecule has 0 spiro atoms. The van der Waals surface area contributed by atoms with Gasteiger partial charge in [-0.2, -0.15) is 0 Å². The third-order valence-corrected chi connectivity index (χ3v) is 4.19. The number of benzene rings is 1. The highest BCUT2D eigenvalue weighted by atomic mass is 35.5. The van der Waals surface area contributed by atoms with E-state index in [2.05, 4.69) is 20.9 Å². The normalized spacial score (nSPS) is 15.7. The van der Waals surface area contributed by atoms with Crippen LogP contribution in [0.3, 0.4) is 0 Å². The van der Waals surface area contributed by atoms with Gasteiger partial charge >= 0.3 is 0 Å². The van der Waals surface area contributed by atoms with Gasteiger partial charge in [0.15, 0.2) is 5.69 Å². The molecule has 1 saturated heterocycles. The molecule has 1 aliphatic heterocycles. The van der Waals surface area contributed by atoms with Gasteiger partial charge in [-0.15, -0.1) is 5.10 Å². The second-order valence-electron chi connectivity index (χ2n) is 5.34. The summed E-state index contributed by atoms with van der Waals surface area (Å²) in [5.74, 6) is -0.236. The van der Waals surface area contributed by atoms with Crippen molar-refractivity contribution in [3.8, 4) is 0 Å². The number of halogens is 1. The molecule has 1 aromatic carbocycles. The Labute approximate surface area is 133 Å². The van der Waals surface area contributed by atoms with Gasteiger partial charge in [-0.1, -0.05) is 35.0 Å².